The van der Waals surface area contributed by atoms with Crippen LogP contribution in [0.5, 0.6) is 5.75 Å². The highest BCUT2D eigenvalue weighted by atomic mass is 16.5. The van der Waals surface area contributed by atoms with Crippen molar-refractivity contribution in [1.29, 1.82) is 0 Å². The second-order valence-corrected chi connectivity index (χ2v) is 5.67. The third-order valence-corrected chi connectivity index (χ3v) is 4.57. The zero-order valence-electron chi connectivity index (χ0n) is 12.3. The maximum Gasteiger partial charge on any atom is 0.123 e. The van der Waals surface area contributed by atoms with E-state index >= 15 is 0 Å². The largest absolute Gasteiger partial charge is 0.496 e. The highest BCUT2D eigenvalue weighted by Gasteiger charge is 2.36. The molecule has 3 atom stereocenters. The SMILES string of the molecule is CNC(c1ccccc1OC)C1CN2CCCC2CO1. The first-order valence-electron chi connectivity index (χ1n) is 7.49. The molecule has 4 heteroatoms. The van der Waals surface area contributed by atoms with Crippen molar-refractivity contribution in [3.05, 3.63) is 29.8 Å². The molecule has 0 saturated carbocycles. The molecular formula is C16H24N2O2. The Bertz CT molecular complexity index is 452. The lowest BCUT2D eigenvalue weighted by Gasteiger charge is -2.39. The standard InChI is InChI=1S/C16H24N2O2/c1-17-16(13-7-3-4-8-14(13)19-2)15-10-18-9-5-6-12(18)11-20-15/h3-4,7-8,12,15-17H,5-6,9-11H2,1-2H3. The summed E-state index contributed by atoms with van der Waals surface area (Å²) >= 11 is 0. The van der Waals surface area contributed by atoms with Crippen LogP contribution in [0.2, 0.25) is 0 Å². The monoisotopic (exact) mass is 276 g/mol. The fourth-order valence-corrected chi connectivity index (χ4v) is 3.51. The van der Waals surface area contributed by atoms with E-state index in [0.29, 0.717) is 6.04 Å². The molecule has 4 nitrogen and oxygen atoms in total. The van der Waals surface area contributed by atoms with E-state index in [1.54, 1.807) is 7.11 Å². The first-order valence-corrected chi connectivity index (χ1v) is 7.49. The fourth-order valence-electron chi connectivity index (χ4n) is 3.51. The van der Waals surface area contributed by atoms with Crippen LogP contribution in [0.15, 0.2) is 24.3 Å². The molecule has 3 unspecified atom stereocenters. The van der Waals surface area contributed by atoms with Crippen molar-refractivity contribution in [2.45, 2.75) is 31.0 Å². The van der Waals surface area contributed by atoms with E-state index in [1.165, 1.54) is 24.9 Å². The molecule has 0 aliphatic carbocycles. The molecule has 2 aliphatic rings. The van der Waals surface area contributed by atoms with Crippen molar-refractivity contribution in [2.24, 2.45) is 0 Å². The number of hydrogen-bond acceptors (Lipinski definition) is 4. The summed E-state index contributed by atoms with van der Waals surface area (Å²) in [6.45, 7) is 3.08. The van der Waals surface area contributed by atoms with Gasteiger partial charge in [0, 0.05) is 18.2 Å². The average molecular weight is 276 g/mol. The van der Waals surface area contributed by atoms with Gasteiger partial charge in [0.1, 0.15) is 5.75 Å². The zero-order valence-corrected chi connectivity index (χ0v) is 12.3. The summed E-state index contributed by atoms with van der Waals surface area (Å²) in [4.78, 5) is 2.58. The van der Waals surface area contributed by atoms with Gasteiger partial charge in [-0.05, 0) is 32.5 Å². The minimum Gasteiger partial charge on any atom is -0.496 e. The van der Waals surface area contributed by atoms with E-state index in [9.17, 15) is 0 Å². The lowest BCUT2D eigenvalue weighted by Crippen LogP contribution is -2.50. The Morgan fingerprint density at radius 2 is 2.25 bits per heavy atom. The van der Waals surface area contributed by atoms with E-state index in [-0.39, 0.29) is 12.1 Å². The van der Waals surface area contributed by atoms with Crippen molar-refractivity contribution in [1.82, 2.24) is 10.2 Å². The van der Waals surface area contributed by atoms with Gasteiger partial charge in [-0.25, -0.2) is 0 Å². The molecule has 0 radical (unpaired) electrons. The summed E-state index contributed by atoms with van der Waals surface area (Å²) < 4.78 is 11.6. The number of nitrogens with zero attached hydrogens (tertiary/aromatic N) is 1. The Balaban J connectivity index is 1.79. The third kappa shape index (κ3) is 2.55. The van der Waals surface area contributed by atoms with E-state index in [2.05, 4.69) is 22.3 Å². The number of ether oxygens (including phenoxy) is 2. The van der Waals surface area contributed by atoms with Crippen molar-refractivity contribution < 1.29 is 9.47 Å². The number of fused-ring (bicyclic) bond motifs is 1. The average Bonchev–Trinajstić information content (AvgIpc) is 2.96. The maximum atomic E-state index is 6.14. The van der Waals surface area contributed by atoms with Crippen molar-refractivity contribution >= 4 is 0 Å². The normalized spacial score (nSPS) is 28.1. The van der Waals surface area contributed by atoms with Gasteiger partial charge in [-0.1, -0.05) is 18.2 Å². The summed E-state index contributed by atoms with van der Waals surface area (Å²) in [6.07, 6.45) is 2.77. The molecule has 2 saturated heterocycles. The Labute approximate surface area is 121 Å². The summed E-state index contributed by atoms with van der Waals surface area (Å²) in [5, 5.41) is 3.41. The number of methoxy groups -OCH3 is 1. The van der Waals surface area contributed by atoms with Gasteiger partial charge in [-0.3, -0.25) is 4.90 Å². The Hall–Kier alpha value is -1.10. The second-order valence-electron chi connectivity index (χ2n) is 5.67. The molecule has 0 amide bonds. The van der Waals surface area contributed by atoms with Crippen LogP contribution in [0.3, 0.4) is 0 Å². The van der Waals surface area contributed by atoms with E-state index in [0.717, 1.165) is 18.9 Å². The Kier molecular flexibility index (Phi) is 4.24. The molecule has 3 rings (SSSR count). The molecular weight excluding hydrogens is 252 g/mol. The van der Waals surface area contributed by atoms with E-state index in [1.807, 2.05) is 19.2 Å². The van der Waals surface area contributed by atoms with Gasteiger partial charge in [-0.15, -0.1) is 0 Å². The topological polar surface area (TPSA) is 33.7 Å². The number of para-hydroxylation sites is 1. The smallest absolute Gasteiger partial charge is 0.123 e. The molecule has 0 aromatic heterocycles. The predicted octanol–water partition coefficient (Wildman–Crippen LogP) is 1.82. The lowest BCUT2D eigenvalue weighted by atomic mass is 9.98. The number of likely N-dealkylation sites (N-methyl/N-ethyl adjacent to an activating group) is 1. The maximum absolute atomic E-state index is 6.14. The van der Waals surface area contributed by atoms with Gasteiger partial charge in [0.2, 0.25) is 0 Å². The van der Waals surface area contributed by atoms with Gasteiger partial charge in [-0.2, -0.15) is 0 Å². The van der Waals surface area contributed by atoms with Crippen molar-refractivity contribution in [3.8, 4) is 5.75 Å². The molecule has 20 heavy (non-hydrogen) atoms. The molecule has 2 heterocycles. The van der Waals surface area contributed by atoms with E-state index < -0.39 is 0 Å². The van der Waals surface area contributed by atoms with Crippen molar-refractivity contribution in [2.75, 3.05) is 33.9 Å². The highest BCUT2D eigenvalue weighted by molar-refractivity contribution is 5.36. The first kappa shape index (κ1) is 13.9. The van der Waals surface area contributed by atoms with Crippen LogP contribution in [-0.4, -0.2) is 50.9 Å². The molecule has 2 fully saturated rings. The molecule has 0 bridgehead atoms. The fraction of sp³-hybridized carbons (Fsp3) is 0.625. The molecule has 110 valence electrons. The molecule has 1 aromatic rings. The van der Waals surface area contributed by atoms with Gasteiger partial charge in [0.15, 0.2) is 0 Å². The van der Waals surface area contributed by atoms with Gasteiger partial charge >= 0.3 is 0 Å². The third-order valence-electron chi connectivity index (χ3n) is 4.57. The Morgan fingerprint density at radius 3 is 3.05 bits per heavy atom. The second kappa shape index (κ2) is 6.12. The predicted molar refractivity (Wildman–Crippen MR) is 79.1 cm³/mol. The number of morpholine rings is 1. The highest BCUT2D eigenvalue weighted by Crippen LogP contribution is 2.32. The quantitative estimate of drug-likeness (QED) is 0.909. The number of benzene rings is 1. The summed E-state index contributed by atoms with van der Waals surface area (Å²) in [6, 6.07) is 9.02. The minimum absolute atomic E-state index is 0.174. The number of hydrogen-bond donors (Lipinski definition) is 1. The molecule has 1 aromatic carbocycles. The van der Waals surface area contributed by atoms with Crippen LogP contribution >= 0.6 is 0 Å². The molecule has 2 aliphatic heterocycles. The summed E-state index contributed by atoms with van der Waals surface area (Å²) in [5.41, 5.74) is 1.18. The van der Waals surface area contributed by atoms with Crippen LogP contribution in [0.4, 0.5) is 0 Å². The van der Waals surface area contributed by atoms with Crippen LogP contribution in [0, 0.1) is 0 Å². The van der Waals surface area contributed by atoms with Crippen LogP contribution in [0.1, 0.15) is 24.4 Å². The van der Waals surface area contributed by atoms with Gasteiger partial charge in [0.25, 0.3) is 0 Å². The van der Waals surface area contributed by atoms with Gasteiger partial charge in [0.05, 0.1) is 25.9 Å². The first-order chi connectivity index (χ1) is 9.83. The lowest BCUT2D eigenvalue weighted by molar-refractivity contribution is -0.0645. The zero-order chi connectivity index (χ0) is 13.9. The minimum atomic E-state index is 0.174. The van der Waals surface area contributed by atoms with Crippen LogP contribution in [-0.2, 0) is 4.74 Å². The van der Waals surface area contributed by atoms with Crippen molar-refractivity contribution in [3.63, 3.8) is 0 Å². The number of nitrogens with one attached hydrogen (secondary N) is 1. The summed E-state index contributed by atoms with van der Waals surface area (Å²) in [7, 11) is 3.72. The summed E-state index contributed by atoms with van der Waals surface area (Å²) in [5.74, 6) is 0.930. The van der Waals surface area contributed by atoms with Crippen LogP contribution in [0.25, 0.3) is 0 Å². The Morgan fingerprint density at radius 1 is 1.40 bits per heavy atom. The molecule has 0 spiro atoms. The van der Waals surface area contributed by atoms with E-state index in [4.69, 9.17) is 9.47 Å². The van der Waals surface area contributed by atoms with Crippen LogP contribution < -0.4 is 10.1 Å². The molecule has 1 N–H and O–H groups in total. The van der Waals surface area contributed by atoms with Gasteiger partial charge < -0.3 is 14.8 Å². The number of rotatable bonds is 4.